The van der Waals surface area contributed by atoms with E-state index in [9.17, 15) is 5.11 Å². The Labute approximate surface area is 100 Å². The molecule has 0 spiro atoms. The molecule has 0 bridgehead atoms. The quantitative estimate of drug-likeness (QED) is 0.745. The lowest BCUT2D eigenvalue weighted by Crippen LogP contribution is -2.10. The molecule has 86 valence electrons. The van der Waals surface area contributed by atoms with Gasteiger partial charge in [0.15, 0.2) is 0 Å². The smallest absolute Gasteiger partial charge is 0.133 e. The Balaban J connectivity index is 2.20. The predicted molar refractivity (Wildman–Crippen MR) is 66.5 cm³/mol. The molecule has 1 atom stereocenters. The van der Waals surface area contributed by atoms with Crippen LogP contribution in [0.3, 0.4) is 0 Å². The molecule has 17 heavy (non-hydrogen) atoms. The average molecular weight is 226 g/mol. The Morgan fingerprint density at radius 1 is 0.941 bits per heavy atom. The molecule has 0 aliphatic carbocycles. The van der Waals surface area contributed by atoms with Gasteiger partial charge in [-0.05, 0) is 43.2 Å². The molecule has 0 amide bonds. The van der Waals surface area contributed by atoms with Gasteiger partial charge in [-0.1, -0.05) is 18.2 Å². The molecule has 1 heterocycles. The van der Waals surface area contributed by atoms with Crippen LogP contribution in [0, 0.1) is 13.8 Å². The lowest BCUT2D eigenvalue weighted by molar-refractivity contribution is 0.203. The van der Waals surface area contributed by atoms with E-state index in [2.05, 4.69) is 0 Å². The van der Waals surface area contributed by atoms with Gasteiger partial charge in [-0.2, -0.15) is 0 Å². The number of hydrogen-bond donors (Lipinski definition) is 1. The minimum absolute atomic E-state index is 0.589. The first-order chi connectivity index (χ1) is 8.16. The topological polar surface area (TPSA) is 29.5 Å². The molecule has 1 unspecified atom stereocenters. The van der Waals surface area contributed by atoms with Crippen LogP contribution in [0.1, 0.15) is 28.4 Å². The average Bonchev–Trinajstić information content (AvgIpc) is 2.32. The van der Waals surface area contributed by atoms with Crippen molar-refractivity contribution in [1.29, 1.82) is 0 Å². The number of rotatable bonds is 0. The van der Waals surface area contributed by atoms with E-state index in [0.717, 1.165) is 22.6 Å². The molecule has 1 aliphatic heterocycles. The fraction of sp³-hybridized carbons (Fsp3) is 0.200. The number of para-hydroxylation sites is 1. The number of benzene rings is 2. The molecule has 2 heteroatoms. The Morgan fingerprint density at radius 2 is 1.65 bits per heavy atom. The van der Waals surface area contributed by atoms with Crippen LogP contribution in [-0.4, -0.2) is 5.11 Å². The van der Waals surface area contributed by atoms with Crippen molar-refractivity contribution in [2.24, 2.45) is 0 Å². The van der Waals surface area contributed by atoms with Gasteiger partial charge >= 0.3 is 0 Å². The van der Waals surface area contributed by atoms with Crippen LogP contribution in [0.2, 0.25) is 0 Å². The summed E-state index contributed by atoms with van der Waals surface area (Å²) in [6.07, 6.45) is -0.589. The maximum absolute atomic E-state index is 10.3. The maximum Gasteiger partial charge on any atom is 0.133 e. The van der Waals surface area contributed by atoms with Gasteiger partial charge in [0.05, 0.1) is 0 Å². The zero-order valence-electron chi connectivity index (χ0n) is 9.90. The van der Waals surface area contributed by atoms with Crippen molar-refractivity contribution in [3.63, 3.8) is 0 Å². The second kappa shape index (κ2) is 3.60. The Bertz CT molecular complexity index is 587. The minimum Gasteiger partial charge on any atom is -0.457 e. The summed E-state index contributed by atoms with van der Waals surface area (Å²) in [6, 6.07) is 11.6. The summed E-state index contributed by atoms with van der Waals surface area (Å²) < 4.78 is 5.82. The van der Waals surface area contributed by atoms with E-state index in [0.29, 0.717) is 0 Å². The number of ether oxygens (including phenoxy) is 1. The van der Waals surface area contributed by atoms with Crippen LogP contribution >= 0.6 is 0 Å². The van der Waals surface area contributed by atoms with Crippen LogP contribution in [0.15, 0.2) is 36.4 Å². The third kappa shape index (κ3) is 1.53. The second-order valence-corrected chi connectivity index (χ2v) is 4.52. The van der Waals surface area contributed by atoms with E-state index in [1.54, 1.807) is 0 Å². The zero-order chi connectivity index (χ0) is 12.0. The lowest BCUT2D eigenvalue weighted by atomic mass is 9.94. The molecule has 0 saturated heterocycles. The minimum atomic E-state index is -0.589. The zero-order valence-corrected chi connectivity index (χ0v) is 9.90. The Hall–Kier alpha value is -1.80. The van der Waals surface area contributed by atoms with Crippen molar-refractivity contribution >= 4 is 0 Å². The number of aliphatic hydroxyl groups excluding tert-OH is 1. The van der Waals surface area contributed by atoms with Gasteiger partial charge in [0.1, 0.15) is 17.6 Å². The van der Waals surface area contributed by atoms with Crippen LogP contribution in [0.5, 0.6) is 11.5 Å². The monoisotopic (exact) mass is 226 g/mol. The van der Waals surface area contributed by atoms with E-state index in [1.807, 2.05) is 50.2 Å². The molecule has 2 aromatic carbocycles. The first kappa shape index (κ1) is 10.4. The van der Waals surface area contributed by atoms with Crippen molar-refractivity contribution in [3.8, 4) is 11.5 Å². The van der Waals surface area contributed by atoms with E-state index in [-0.39, 0.29) is 0 Å². The van der Waals surface area contributed by atoms with Gasteiger partial charge in [-0.25, -0.2) is 0 Å². The highest BCUT2D eigenvalue weighted by Crippen LogP contribution is 2.43. The number of fused-ring (bicyclic) bond motifs is 2. The normalized spacial score (nSPS) is 17.0. The predicted octanol–water partition coefficient (Wildman–Crippen LogP) is 3.49. The molecule has 3 rings (SSSR count). The van der Waals surface area contributed by atoms with Crippen LogP contribution in [0.25, 0.3) is 0 Å². The first-order valence-corrected chi connectivity index (χ1v) is 5.73. The van der Waals surface area contributed by atoms with Gasteiger partial charge < -0.3 is 9.84 Å². The van der Waals surface area contributed by atoms with E-state index < -0.39 is 6.10 Å². The molecular weight excluding hydrogens is 212 g/mol. The van der Waals surface area contributed by atoms with Crippen LogP contribution < -0.4 is 4.74 Å². The van der Waals surface area contributed by atoms with Gasteiger partial charge in [0.2, 0.25) is 0 Å². The third-order valence-electron chi connectivity index (χ3n) is 3.35. The van der Waals surface area contributed by atoms with E-state index >= 15 is 0 Å². The Morgan fingerprint density at radius 3 is 2.47 bits per heavy atom. The Kier molecular flexibility index (Phi) is 2.20. The molecule has 2 nitrogen and oxygen atoms in total. The maximum atomic E-state index is 10.3. The highest BCUT2D eigenvalue weighted by Gasteiger charge is 2.25. The van der Waals surface area contributed by atoms with Gasteiger partial charge in [-0.3, -0.25) is 0 Å². The van der Waals surface area contributed by atoms with Crippen LogP contribution in [0.4, 0.5) is 0 Å². The molecular formula is C15H14O2. The fourth-order valence-corrected chi connectivity index (χ4v) is 2.20. The van der Waals surface area contributed by atoms with Crippen molar-refractivity contribution < 1.29 is 9.84 Å². The summed E-state index contributed by atoms with van der Waals surface area (Å²) in [5.74, 6) is 1.51. The van der Waals surface area contributed by atoms with Crippen molar-refractivity contribution in [2.75, 3.05) is 0 Å². The standard InChI is InChI=1S/C15H14O2/c1-9-7-12-14(8-10(9)2)17-13-6-4-3-5-11(13)15(12)16/h3-8,15-16H,1-2H3. The molecule has 0 fully saturated rings. The summed E-state index contributed by atoms with van der Waals surface area (Å²) in [7, 11) is 0. The molecule has 1 N–H and O–H groups in total. The fourth-order valence-electron chi connectivity index (χ4n) is 2.20. The molecule has 0 radical (unpaired) electrons. The number of aliphatic hydroxyl groups is 1. The van der Waals surface area contributed by atoms with Gasteiger partial charge in [0.25, 0.3) is 0 Å². The molecule has 0 aromatic heterocycles. The molecule has 0 saturated carbocycles. The summed E-state index contributed by atoms with van der Waals surface area (Å²) in [5.41, 5.74) is 4.04. The summed E-state index contributed by atoms with van der Waals surface area (Å²) in [6.45, 7) is 4.09. The van der Waals surface area contributed by atoms with Gasteiger partial charge in [-0.15, -0.1) is 0 Å². The van der Waals surface area contributed by atoms with Crippen molar-refractivity contribution in [1.82, 2.24) is 0 Å². The first-order valence-electron chi connectivity index (χ1n) is 5.73. The van der Waals surface area contributed by atoms with E-state index in [1.165, 1.54) is 11.1 Å². The van der Waals surface area contributed by atoms with Crippen molar-refractivity contribution in [3.05, 3.63) is 58.7 Å². The highest BCUT2D eigenvalue weighted by molar-refractivity contribution is 5.54. The highest BCUT2D eigenvalue weighted by atomic mass is 16.5. The third-order valence-corrected chi connectivity index (χ3v) is 3.35. The summed E-state index contributed by atoms with van der Waals surface area (Å²) in [5, 5.41) is 10.3. The van der Waals surface area contributed by atoms with Gasteiger partial charge in [0, 0.05) is 11.1 Å². The largest absolute Gasteiger partial charge is 0.457 e. The van der Waals surface area contributed by atoms with Crippen molar-refractivity contribution in [2.45, 2.75) is 20.0 Å². The SMILES string of the molecule is Cc1cc2c(cc1C)C(O)c1ccccc1O2. The lowest BCUT2D eigenvalue weighted by Gasteiger charge is -2.25. The molecule has 2 aromatic rings. The summed E-state index contributed by atoms with van der Waals surface area (Å²) >= 11 is 0. The number of aryl methyl sites for hydroxylation is 2. The number of hydrogen-bond acceptors (Lipinski definition) is 2. The summed E-state index contributed by atoms with van der Waals surface area (Å²) in [4.78, 5) is 0. The molecule has 1 aliphatic rings. The van der Waals surface area contributed by atoms with E-state index in [4.69, 9.17) is 4.74 Å². The second-order valence-electron chi connectivity index (χ2n) is 4.52. The van der Waals surface area contributed by atoms with Crippen LogP contribution in [-0.2, 0) is 0 Å².